The number of carbonyl (C=O) groups excluding carboxylic acids is 2. The molecule has 6 nitrogen and oxygen atoms in total. The predicted molar refractivity (Wildman–Crippen MR) is 161 cm³/mol. The highest BCUT2D eigenvalue weighted by Gasteiger charge is 2.55. The molecule has 7 rings (SSSR count). The van der Waals surface area contributed by atoms with Gasteiger partial charge < -0.3 is 9.47 Å². The molecule has 4 aliphatic carbocycles. The van der Waals surface area contributed by atoms with Crippen LogP contribution in [0.1, 0.15) is 55.2 Å². The van der Waals surface area contributed by atoms with E-state index in [9.17, 15) is 9.59 Å². The van der Waals surface area contributed by atoms with Gasteiger partial charge in [-0.2, -0.15) is 5.01 Å². The lowest BCUT2D eigenvalue weighted by Gasteiger charge is -2.55. The van der Waals surface area contributed by atoms with Crippen molar-refractivity contribution < 1.29 is 19.1 Å². The molecule has 0 atom stereocenters. The summed E-state index contributed by atoms with van der Waals surface area (Å²) in [4.78, 5) is 27.5. The third kappa shape index (κ3) is 5.19. The first kappa shape index (κ1) is 27.1. The molecular weight excluding hydrogens is 540 g/mol. The Labute approximate surface area is 245 Å². The van der Waals surface area contributed by atoms with Gasteiger partial charge in [0.05, 0.1) is 17.4 Å². The van der Waals surface area contributed by atoms with E-state index in [0.29, 0.717) is 51.5 Å². The number of nitrogens with one attached hydrogen (secondary N) is 1. The smallest absolute Gasteiger partial charge is 0.285 e. The van der Waals surface area contributed by atoms with Crippen molar-refractivity contribution >= 4 is 46.2 Å². The second-order valence-corrected chi connectivity index (χ2v) is 13.3. The molecule has 0 unspecified atom stereocenters. The van der Waals surface area contributed by atoms with Crippen molar-refractivity contribution in [2.75, 3.05) is 7.11 Å². The second-order valence-electron chi connectivity index (χ2n) is 11.6. The summed E-state index contributed by atoms with van der Waals surface area (Å²) < 4.78 is 12.2. The SMILES string of the molecule is C=CCc1cc(/C=C2\SC(=S)N(NC(=O)C34CC5CC(CC(C5)C3)C4)C2=O)cc(OC)c1OCc1ccccc1. The zero-order valence-electron chi connectivity index (χ0n) is 22.7. The van der Waals surface area contributed by atoms with Crippen molar-refractivity contribution in [1.82, 2.24) is 10.4 Å². The number of ether oxygens (including phenoxy) is 2. The van der Waals surface area contributed by atoms with Gasteiger partial charge in [-0.15, -0.1) is 6.58 Å². The predicted octanol–water partition coefficient (Wildman–Crippen LogP) is 6.45. The van der Waals surface area contributed by atoms with Crippen molar-refractivity contribution in [1.29, 1.82) is 0 Å². The lowest BCUT2D eigenvalue weighted by Crippen LogP contribution is -2.57. The normalized spacial score (nSPS) is 27.8. The van der Waals surface area contributed by atoms with E-state index in [1.807, 2.05) is 48.5 Å². The lowest BCUT2D eigenvalue weighted by molar-refractivity contribution is -0.152. The minimum Gasteiger partial charge on any atom is -0.493 e. The fourth-order valence-corrected chi connectivity index (χ4v) is 8.62. The van der Waals surface area contributed by atoms with Crippen molar-refractivity contribution in [3.05, 3.63) is 76.7 Å². The van der Waals surface area contributed by atoms with Gasteiger partial charge in [-0.1, -0.05) is 48.2 Å². The van der Waals surface area contributed by atoms with Crippen molar-refractivity contribution in [3.63, 3.8) is 0 Å². The van der Waals surface area contributed by atoms with Crippen LogP contribution in [-0.2, 0) is 22.6 Å². The zero-order chi connectivity index (χ0) is 27.9. The van der Waals surface area contributed by atoms with E-state index < -0.39 is 0 Å². The number of carbonyl (C=O) groups is 2. The van der Waals surface area contributed by atoms with Crippen LogP contribution in [0.5, 0.6) is 11.5 Å². The minimum absolute atomic E-state index is 0.0426. The molecule has 1 saturated heterocycles. The molecule has 1 heterocycles. The monoisotopic (exact) mass is 574 g/mol. The van der Waals surface area contributed by atoms with E-state index in [-0.39, 0.29) is 17.2 Å². The molecule has 5 aliphatic rings. The van der Waals surface area contributed by atoms with Gasteiger partial charge in [0.2, 0.25) is 5.91 Å². The van der Waals surface area contributed by atoms with Gasteiger partial charge in [0.15, 0.2) is 15.8 Å². The van der Waals surface area contributed by atoms with Crippen LogP contribution in [0, 0.1) is 23.2 Å². The molecule has 4 bridgehead atoms. The first-order chi connectivity index (χ1) is 19.4. The quantitative estimate of drug-likeness (QED) is 0.211. The van der Waals surface area contributed by atoms with Gasteiger partial charge >= 0.3 is 0 Å². The molecule has 5 fully saturated rings. The second kappa shape index (κ2) is 11.1. The number of hydrogen-bond donors (Lipinski definition) is 1. The highest BCUT2D eigenvalue weighted by atomic mass is 32.2. The van der Waals surface area contributed by atoms with Crippen LogP contribution in [0.25, 0.3) is 6.08 Å². The average Bonchev–Trinajstić information content (AvgIpc) is 3.19. The molecule has 1 N–H and O–H groups in total. The van der Waals surface area contributed by atoms with Gasteiger partial charge in [0, 0.05) is 5.56 Å². The molecule has 2 amide bonds. The number of allylic oxidation sites excluding steroid dienone is 1. The van der Waals surface area contributed by atoms with Crippen LogP contribution in [0.15, 0.2) is 60.0 Å². The molecular formula is C32H34N2O4S2. The van der Waals surface area contributed by atoms with E-state index in [2.05, 4.69) is 12.0 Å². The molecule has 1 aliphatic heterocycles. The summed E-state index contributed by atoms with van der Waals surface area (Å²) >= 11 is 6.75. The summed E-state index contributed by atoms with van der Waals surface area (Å²) in [7, 11) is 1.60. The topological polar surface area (TPSA) is 67.9 Å². The van der Waals surface area contributed by atoms with Crippen LogP contribution >= 0.6 is 24.0 Å². The Morgan fingerprint density at radius 3 is 2.45 bits per heavy atom. The molecule has 2 aromatic rings. The Kier molecular flexibility index (Phi) is 7.48. The molecule has 2 aromatic carbocycles. The van der Waals surface area contributed by atoms with Crippen molar-refractivity contribution in [3.8, 4) is 11.5 Å². The van der Waals surface area contributed by atoms with Crippen LogP contribution in [0.3, 0.4) is 0 Å². The van der Waals surface area contributed by atoms with E-state index in [4.69, 9.17) is 21.7 Å². The summed E-state index contributed by atoms with van der Waals surface area (Å²) in [5, 5.41) is 1.27. The maximum Gasteiger partial charge on any atom is 0.285 e. The molecule has 0 spiro atoms. The summed E-state index contributed by atoms with van der Waals surface area (Å²) in [5.41, 5.74) is 5.32. The third-order valence-corrected chi connectivity index (χ3v) is 10.1. The summed E-state index contributed by atoms with van der Waals surface area (Å²) in [6, 6.07) is 13.8. The van der Waals surface area contributed by atoms with Crippen LogP contribution in [0.2, 0.25) is 0 Å². The van der Waals surface area contributed by atoms with Crippen LogP contribution in [0.4, 0.5) is 0 Å². The number of hydrogen-bond acceptors (Lipinski definition) is 6. The number of thiocarbonyl (C=S) groups is 1. The maximum absolute atomic E-state index is 13.6. The molecule has 4 saturated carbocycles. The number of rotatable bonds is 9. The number of methoxy groups -OCH3 is 1. The van der Waals surface area contributed by atoms with Gasteiger partial charge in [0.25, 0.3) is 5.91 Å². The first-order valence-electron chi connectivity index (χ1n) is 13.9. The number of amides is 2. The van der Waals surface area contributed by atoms with E-state index in [0.717, 1.165) is 36.0 Å². The van der Waals surface area contributed by atoms with Crippen LogP contribution < -0.4 is 14.9 Å². The summed E-state index contributed by atoms with van der Waals surface area (Å²) in [6.07, 6.45) is 10.7. The van der Waals surface area contributed by atoms with E-state index in [1.54, 1.807) is 13.2 Å². The maximum atomic E-state index is 13.6. The Balaban J connectivity index is 1.20. The lowest BCUT2D eigenvalue weighted by atomic mass is 9.49. The fraction of sp³-hybridized carbons (Fsp3) is 0.406. The summed E-state index contributed by atoms with van der Waals surface area (Å²) in [5.74, 6) is 2.80. The first-order valence-corrected chi connectivity index (χ1v) is 15.2. The molecule has 8 heteroatoms. The van der Waals surface area contributed by atoms with Crippen LogP contribution in [-0.4, -0.2) is 28.3 Å². The fourth-order valence-electron chi connectivity index (χ4n) is 7.44. The number of nitrogens with zero attached hydrogens (tertiary/aromatic N) is 1. The average molecular weight is 575 g/mol. The Bertz CT molecular complexity index is 1350. The number of hydrazine groups is 1. The Morgan fingerprint density at radius 1 is 1.15 bits per heavy atom. The van der Waals surface area contributed by atoms with Gasteiger partial charge in [0.1, 0.15) is 6.61 Å². The molecule has 0 radical (unpaired) electrons. The highest BCUT2D eigenvalue weighted by Crippen LogP contribution is 2.60. The molecule has 0 aromatic heterocycles. The minimum atomic E-state index is -0.357. The standard InChI is InChI=1S/C32H34N2O4S2/c1-3-7-25-13-21(14-26(37-2)28(25)38-19-20-8-5-4-6-9-20)15-27-29(35)34(31(39)40-27)33-30(36)32-16-22-10-23(17-32)12-24(11-22)18-32/h3-6,8-9,13-15,22-24H,1,7,10-12,16-19H2,2H3,(H,33,36)/b27-15-. The highest BCUT2D eigenvalue weighted by molar-refractivity contribution is 8.26. The van der Waals surface area contributed by atoms with Gasteiger partial charge in [-0.3, -0.25) is 15.0 Å². The van der Waals surface area contributed by atoms with E-state index in [1.165, 1.54) is 36.0 Å². The van der Waals surface area contributed by atoms with Crippen molar-refractivity contribution in [2.24, 2.45) is 23.2 Å². The molecule has 208 valence electrons. The Morgan fingerprint density at radius 2 is 1.82 bits per heavy atom. The number of benzene rings is 2. The third-order valence-electron chi connectivity index (χ3n) is 8.79. The van der Waals surface area contributed by atoms with Gasteiger partial charge in [-0.05, 0) is 104 Å². The molecule has 40 heavy (non-hydrogen) atoms. The Hall–Kier alpha value is -3.10. The summed E-state index contributed by atoms with van der Waals surface area (Å²) in [6.45, 7) is 4.30. The van der Waals surface area contributed by atoms with Crippen molar-refractivity contribution in [2.45, 2.75) is 51.6 Å². The largest absolute Gasteiger partial charge is 0.493 e. The van der Waals surface area contributed by atoms with Gasteiger partial charge in [-0.25, -0.2) is 0 Å². The van der Waals surface area contributed by atoms with E-state index >= 15 is 0 Å². The number of thioether (sulfide) groups is 1. The zero-order valence-corrected chi connectivity index (χ0v) is 24.3.